The Hall–Kier alpha value is -2.12. The number of H-pyrrole nitrogens is 1. The number of aromatic nitrogens is 3. The second-order valence-corrected chi connectivity index (χ2v) is 3.36. The van der Waals surface area contributed by atoms with Crippen molar-refractivity contribution in [1.29, 1.82) is 0 Å². The number of carbonyl (C=O) groups excluding carboxylic acids is 1. The Balaban J connectivity index is 1.98. The summed E-state index contributed by atoms with van der Waals surface area (Å²) in [7, 11) is 0. The highest BCUT2D eigenvalue weighted by Gasteiger charge is 2.01. The molecule has 0 saturated heterocycles. The third kappa shape index (κ3) is 6.13. The zero-order chi connectivity index (χ0) is 12.5. The standard InChI is InChI=1S/C9H15N5O3/c15-8(16)3-5-11-9(17)10-4-1-2-7-12-6-13-14-7/h6H,1-5H2,(H,15,16)(H2,10,11,17)(H,12,13,14). The molecule has 1 aromatic rings. The molecular formula is C9H15N5O3. The van der Waals surface area contributed by atoms with E-state index in [9.17, 15) is 9.59 Å². The molecule has 0 fully saturated rings. The van der Waals surface area contributed by atoms with E-state index >= 15 is 0 Å². The smallest absolute Gasteiger partial charge is 0.314 e. The van der Waals surface area contributed by atoms with Crippen molar-refractivity contribution in [2.45, 2.75) is 19.3 Å². The molecule has 0 saturated carbocycles. The lowest BCUT2D eigenvalue weighted by molar-refractivity contribution is -0.136. The van der Waals surface area contributed by atoms with Crippen molar-refractivity contribution in [3.63, 3.8) is 0 Å². The number of aromatic amines is 1. The van der Waals surface area contributed by atoms with Gasteiger partial charge in [-0.05, 0) is 6.42 Å². The monoisotopic (exact) mass is 241 g/mol. The third-order valence-corrected chi connectivity index (χ3v) is 1.97. The Morgan fingerprint density at radius 2 is 2.12 bits per heavy atom. The molecule has 1 rings (SSSR count). The van der Waals surface area contributed by atoms with Gasteiger partial charge in [0.25, 0.3) is 0 Å². The lowest BCUT2D eigenvalue weighted by Gasteiger charge is -2.05. The van der Waals surface area contributed by atoms with Crippen LogP contribution in [-0.4, -0.2) is 45.4 Å². The van der Waals surface area contributed by atoms with Crippen LogP contribution in [0.2, 0.25) is 0 Å². The first-order valence-electron chi connectivity index (χ1n) is 5.26. The predicted molar refractivity (Wildman–Crippen MR) is 58.4 cm³/mol. The number of nitrogens with zero attached hydrogens (tertiary/aromatic N) is 2. The number of nitrogens with one attached hydrogen (secondary N) is 3. The van der Waals surface area contributed by atoms with Gasteiger partial charge >= 0.3 is 12.0 Å². The van der Waals surface area contributed by atoms with Crippen molar-refractivity contribution in [1.82, 2.24) is 25.8 Å². The van der Waals surface area contributed by atoms with E-state index in [1.54, 1.807) is 0 Å². The Labute approximate surface area is 97.8 Å². The van der Waals surface area contributed by atoms with Gasteiger partial charge in [-0.2, -0.15) is 5.10 Å². The van der Waals surface area contributed by atoms with E-state index < -0.39 is 5.97 Å². The first kappa shape index (κ1) is 12.9. The number of carbonyl (C=O) groups is 2. The van der Waals surface area contributed by atoms with Gasteiger partial charge in [-0.25, -0.2) is 9.78 Å². The van der Waals surface area contributed by atoms with Crippen LogP contribution in [0.4, 0.5) is 4.79 Å². The fourth-order valence-corrected chi connectivity index (χ4v) is 1.15. The molecule has 8 nitrogen and oxygen atoms in total. The van der Waals surface area contributed by atoms with E-state index in [0.717, 1.165) is 12.2 Å². The van der Waals surface area contributed by atoms with E-state index in [-0.39, 0.29) is 19.0 Å². The number of aliphatic carboxylic acids is 1. The normalized spacial score (nSPS) is 9.88. The van der Waals surface area contributed by atoms with Crippen molar-refractivity contribution < 1.29 is 14.7 Å². The zero-order valence-corrected chi connectivity index (χ0v) is 9.27. The zero-order valence-electron chi connectivity index (χ0n) is 9.27. The second kappa shape index (κ2) is 7.20. The van der Waals surface area contributed by atoms with Crippen LogP contribution in [-0.2, 0) is 11.2 Å². The molecule has 0 bridgehead atoms. The number of aryl methyl sites for hydroxylation is 1. The molecule has 94 valence electrons. The van der Waals surface area contributed by atoms with Gasteiger partial charge in [-0.1, -0.05) is 0 Å². The minimum Gasteiger partial charge on any atom is -0.481 e. The predicted octanol–water partition coefficient (Wildman–Crippen LogP) is -0.489. The summed E-state index contributed by atoms with van der Waals surface area (Å²) in [6.45, 7) is 0.628. The van der Waals surface area contributed by atoms with Gasteiger partial charge in [-0.15, -0.1) is 0 Å². The molecule has 4 N–H and O–H groups in total. The molecule has 2 amide bonds. The molecule has 1 aromatic heterocycles. The van der Waals surface area contributed by atoms with Crippen molar-refractivity contribution in [3.8, 4) is 0 Å². The molecule has 0 radical (unpaired) electrons. The van der Waals surface area contributed by atoms with Crippen LogP contribution in [0.15, 0.2) is 6.33 Å². The molecule has 0 atom stereocenters. The fraction of sp³-hybridized carbons (Fsp3) is 0.556. The third-order valence-electron chi connectivity index (χ3n) is 1.97. The maximum atomic E-state index is 11.1. The van der Waals surface area contributed by atoms with Crippen LogP contribution in [0.5, 0.6) is 0 Å². The summed E-state index contributed by atoms with van der Waals surface area (Å²) >= 11 is 0. The fourth-order valence-electron chi connectivity index (χ4n) is 1.15. The topological polar surface area (TPSA) is 120 Å². The summed E-state index contributed by atoms with van der Waals surface area (Å²) in [5.41, 5.74) is 0. The van der Waals surface area contributed by atoms with E-state index in [0.29, 0.717) is 13.0 Å². The second-order valence-electron chi connectivity index (χ2n) is 3.36. The van der Waals surface area contributed by atoms with E-state index in [1.165, 1.54) is 6.33 Å². The number of carboxylic acids is 1. The summed E-state index contributed by atoms with van der Waals surface area (Å²) in [5.74, 6) is -0.159. The minimum atomic E-state index is -0.935. The maximum absolute atomic E-state index is 11.1. The van der Waals surface area contributed by atoms with Crippen LogP contribution in [0.1, 0.15) is 18.7 Å². The molecule has 0 aliphatic carbocycles. The van der Waals surface area contributed by atoms with Crippen LogP contribution >= 0.6 is 0 Å². The summed E-state index contributed by atoms with van der Waals surface area (Å²) < 4.78 is 0. The van der Waals surface area contributed by atoms with Crippen LogP contribution in [0, 0.1) is 0 Å². The number of carboxylic acid groups (broad SMARTS) is 1. The molecule has 0 spiro atoms. The number of hydrogen-bond donors (Lipinski definition) is 4. The van der Waals surface area contributed by atoms with Gasteiger partial charge < -0.3 is 15.7 Å². The average Bonchev–Trinajstić information content (AvgIpc) is 2.76. The SMILES string of the molecule is O=C(O)CCNC(=O)NCCCc1ncn[nH]1. The highest BCUT2D eigenvalue weighted by atomic mass is 16.4. The maximum Gasteiger partial charge on any atom is 0.314 e. The average molecular weight is 241 g/mol. The molecule has 8 heteroatoms. The minimum absolute atomic E-state index is 0.0779. The molecule has 0 aromatic carbocycles. The molecule has 17 heavy (non-hydrogen) atoms. The summed E-state index contributed by atoms with van der Waals surface area (Å²) in [4.78, 5) is 25.3. The highest BCUT2D eigenvalue weighted by Crippen LogP contribution is 1.91. The van der Waals surface area contributed by atoms with Gasteiger partial charge in [0.2, 0.25) is 0 Å². The number of amides is 2. The van der Waals surface area contributed by atoms with Gasteiger partial charge in [-0.3, -0.25) is 9.89 Å². The van der Waals surface area contributed by atoms with Crippen molar-refractivity contribution in [2.24, 2.45) is 0 Å². The summed E-state index contributed by atoms with van der Waals surface area (Å²) in [6, 6.07) is -0.358. The molecule has 0 unspecified atom stereocenters. The largest absolute Gasteiger partial charge is 0.481 e. The Morgan fingerprint density at radius 3 is 2.76 bits per heavy atom. The first-order valence-corrected chi connectivity index (χ1v) is 5.26. The number of rotatable bonds is 7. The Morgan fingerprint density at radius 1 is 1.35 bits per heavy atom. The number of urea groups is 1. The Kier molecular flexibility index (Phi) is 5.49. The van der Waals surface area contributed by atoms with Gasteiger partial charge in [0, 0.05) is 19.5 Å². The molecular weight excluding hydrogens is 226 g/mol. The van der Waals surface area contributed by atoms with Crippen molar-refractivity contribution in [3.05, 3.63) is 12.2 Å². The number of hydrogen-bond acceptors (Lipinski definition) is 4. The lowest BCUT2D eigenvalue weighted by atomic mass is 10.3. The lowest BCUT2D eigenvalue weighted by Crippen LogP contribution is -2.37. The van der Waals surface area contributed by atoms with Crippen molar-refractivity contribution in [2.75, 3.05) is 13.1 Å². The summed E-state index contributed by atoms with van der Waals surface area (Å²) in [6.07, 6.45) is 2.80. The van der Waals surface area contributed by atoms with Gasteiger partial charge in [0.05, 0.1) is 6.42 Å². The van der Waals surface area contributed by atoms with Gasteiger partial charge in [0.1, 0.15) is 12.2 Å². The summed E-state index contributed by atoms with van der Waals surface area (Å²) in [5, 5.41) is 19.8. The van der Waals surface area contributed by atoms with Gasteiger partial charge in [0.15, 0.2) is 0 Å². The van der Waals surface area contributed by atoms with Crippen LogP contribution in [0.25, 0.3) is 0 Å². The van der Waals surface area contributed by atoms with Crippen molar-refractivity contribution >= 4 is 12.0 Å². The van der Waals surface area contributed by atoms with E-state index in [2.05, 4.69) is 25.8 Å². The first-order chi connectivity index (χ1) is 8.18. The van der Waals surface area contributed by atoms with E-state index in [4.69, 9.17) is 5.11 Å². The molecule has 0 aliphatic rings. The van der Waals surface area contributed by atoms with Crippen LogP contribution in [0.3, 0.4) is 0 Å². The Bertz CT molecular complexity index is 352. The van der Waals surface area contributed by atoms with Crippen LogP contribution < -0.4 is 10.6 Å². The molecule has 1 heterocycles. The highest BCUT2D eigenvalue weighted by molar-refractivity contribution is 5.74. The quantitative estimate of drug-likeness (QED) is 0.480. The van der Waals surface area contributed by atoms with E-state index in [1.807, 2.05) is 0 Å². The molecule has 0 aliphatic heterocycles.